The van der Waals surface area contributed by atoms with Gasteiger partial charge in [0.15, 0.2) is 0 Å². The summed E-state index contributed by atoms with van der Waals surface area (Å²) >= 11 is 1.56. The molecule has 1 aliphatic rings. The molecule has 0 saturated heterocycles. The van der Waals surface area contributed by atoms with Crippen LogP contribution in [0.3, 0.4) is 0 Å². The summed E-state index contributed by atoms with van der Waals surface area (Å²) in [7, 11) is 0. The fourth-order valence-corrected chi connectivity index (χ4v) is 5.65. The molecule has 1 atom stereocenters. The monoisotopic (exact) mass is 446 g/mol. The van der Waals surface area contributed by atoms with E-state index in [2.05, 4.69) is 31.4 Å². The number of rotatable bonds is 4. The summed E-state index contributed by atoms with van der Waals surface area (Å²) in [6, 6.07) is 17.0. The summed E-state index contributed by atoms with van der Waals surface area (Å²) in [5, 5.41) is 6.71. The molecule has 32 heavy (non-hydrogen) atoms. The lowest BCUT2D eigenvalue weighted by Crippen LogP contribution is -2.27. The molecule has 2 N–H and O–H groups in total. The fourth-order valence-electron chi connectivity index (χ4n) is 4.33. The van der Waals surface area contributed by atoms with Crippen molar-refractivity contribution in [3.05, 3.63) is 81.7 Å². The molecular formula is C27H30N2O2S. The van der Waals surface area contributed by atoms with Gasteiger partial charge in [-0.05, 0) is 67.3 Å². The predicted molar refractivity (Wildman–Crippen MR) is 133 cm³/mol. The minimum atomic E-state index is -0.187. The highest BCUT2D eigenvalue weighted by molar-refractivity contribution is 7.17. The fraction of sp³-hybridized carbons (Fsp3) is 0.333. The van der Waals surface area contributed by atoms with Crippen molar-refractivity contribution in [2.75, 3.05) is 10.6 Å². The van der Waals surface area contributed by atoms with E-state index < -0.39 is 0 Å². The Hall–Kier alpha value is -2.92. The SMILES string of the molecule is Cc1cccc(C(=O)Nc2sc3c(c2C(=O)Nc2ccccc2)CCC(C(C)(C)C)C3)c1. The zero-order chi connectivity index (χ0) is 22.9. The Morgan fingerprint density at radius 2 is 1.72 bits per heavy atom. The van der Waals surface area contributed by atoms with E-state index >= 15 is 0 Å². The van der Waals surface area contributed by atoms with E-state index in [0.717, 1.165) is 36.1 Å². The van der Waals surface area contributed by atoms with Crippen molar-refractivity contribution in [3.63, 3.8) is 0 Å². The van der Waals surface area contributed by atoms with Crippen LogP contribution in [-0.4, -0.2) is 11.8 Å². The maximum absolute atomic E-state index is 13.4. The molecule has 0 spiro atoms. The first-order chi connectivity index (χ1) is 15.2. The molecule has 0 radical (unpaired) electrons. The van der Waals surface area contributed by atoms with Crippen LogP contribution < -0.4 is 10.6 Å². The van der Waals surface area contributed by atoms with Gasteiger partial charge in [-0.3, -0.25) is 9.59 Å². The Morgan fingerprint density at radius 3 is 2.41 bits per heavy atom. The van der Waals surface area contributed by atoms with Crippen LogP contribution in [0.2, 0.25) is 0 Å². The molecule has 4 rings (SSSR count). The average molecular weight is 447 g/mol. The van der Waals surface area contributed by atoms with Crippen molar-refractivity contribution in [2.24, 2.45) is 11.3 Å². The Labute approximate surface area is 194 Å². The van der Waals surface area contributed by atoms with Gasteiger partial charge in [-0.2, -0.15) is 0 Å². The lowest BCUT2D eigenvalue weighted by atomic mass is 9.72. The van der Waals surface area contributed by atoms with Gasteiger partial charge in [-0.1, -0.05) is 56.7 Å². The highest BCUT2D eigenvalue weighted by Gasteiger charge is 2.34. The highest BCUT2D eigenvalue weighted by Crippen LogP contribution is 2.44. The van der Waals surface area contributed by atoms with Crippen LogP contribution in [-0.2, 0) is 12.8 Å². The lowest BCUT2D eigenvalue weighted by Gasteiger charge is -2.33. The third kappa shape index (κ3) is 4.78. The van der Waals surface area contributed by atoms with Gasteiger partial charge in [0.2, 0.25) is 0 Å². The number of benzene rings is 2. The topological polar surface area (TPSA) is 58.2 Å². The van der Waals surface area contributed by atoms with E-state index in [9.17, 15) is 9.59 Å². The van der Waals surface area contributed by atoms with Gasteiger partial charge in [-0.25, -0.2) is 0 Å². The van der Waals surface area contributed by atoms with Gasteiger partial charge in [0, 0.05) is 16.1 Å². The van der Waals surface area contributed by atoms with Crippen molar-refractivity contribution < 1.29 is 9.59 Å². The Kier molecular flexibility index (Phi) is 6.20. The van der Waals surface area contributed by atoms with Crippen molar-refractivity contribution >= 4 is 33.8 Å². The molecule has 5 heteroatoms. The molecule has 2 aromatic carbocycles. The molecule has 1 unspecified atom stereocenters. The molecule has 0 saturated carbocycles. The molecule has 4 nitrogen and oxygen atoms in total. The van der Waals surface area contributed by atoms with Crippen molar-refractivity contribution in [1.82, 2.24) is 0 Å². The first-order valence-corrected chi connectivity index (χ1v) is 11.9. The van der Waals surface area contributed by atoms with Crippen molar-refractivity contribution in [2.45, 2.75) is 47.0 Å². The van der Waals surface area contributed by atoms with Gasteiger partial charge >= 0.3 is 0 Å². The van der Waals surface area contributed by atoms with E-state index in [0.29, 0.717) is 22.0 Å². The summed E-state index contributed by atoms with van der Waals surface area (Å²) in [5.74, 6) is 0.204. The van der Waals surface area contributed by atoms with Gasteiger partial charge < -0.3 is 10.6 Å². The molecule has 1 heterocycles. The molecular weight excluding hydrogens is 416 g/mol. The molecule has 0 aliphatic heterocycles. The predicted octanol–water partition coefficient (Wildman–Crippen LogP) is 6.71. The number of thiophene rings is 1. The maximum Gasteiger partial charge on any atom is 0.258 e. The minimum Gasteiger partial charge on any atom is -0.322 e. The number of anilines is 2. The zero-order valence-electron chi connectivity index (χ0n) is 19.1. The van der Waals surface area contributed by atoms with Crippen LogP contribution in [0.15, 0.2) is 54.6 Å². The number of hydrogen-bond donors (Lipinski definition) is 2. The van der Waals surface area contributed by atoms with Crippen LogP contribution in [0.5, 0.6) is 0 Å². The molecule has 166 valence electrons. The quantitative estimate of drug-likeness (QED) is 0.468. The van der Waals surface area contributed by atoms with Crippen LogP contribution in [0.25, 0.3) is 0 Å². The van der Waals surface area contributed by atoms with Crippen molar-refractivity contribution in [1.29, 1.82) is 0 Å². The molecule has 2 amide bonds. The zero-order valence-corrected chi connectivity index (χ0v) is 19.9. The molecule has 0 fully saturated rings. The highest BCUT2D eigenvalue weighted by atomic mass is 32.1. The first-order valence-electron chi connectivity index (χ1n) is 11.1. The smallest absolute Gasteiger partial charge is 0.258 e. The summed E-state index contributed by atoms with van der Waals surface area (Å²) in [6.45, 7) is 8.80. The molecule has 1 aliphatic carbocycles. The van der Waals surface area contributed by atoms with E-state index in [-0.39, 0.29) is 17.2 Å². The third-order valence-corrected chi connectivity index (χ3v) is 7.43. The molecule has 0 bridgehead atoms. The van der Waals surface area contributed by atoms with Crippen LogP contribution in [0.4, 0.5) is 10.7 Å². The van der Waals surface area contributed by atoms with E-state index in [1.54, 1.807) is 17.4 Å². The van der Waals surface area contributed by atoms with Crippen molar-refractivity contribution in [3.8, 4) is 0 Å². The van der Waals surface area contributed by atoms with E-state index in [1.807, 2.05) is 55.5 Å². The van der Waals surface area contributed by atoms with Crippen LogP contribution >= 0.6 is 11.3 Å². The Morgan fingerprint density at radius 1 is 0.969 bits per heavy atom. The second kappa shape index (κ2) is 8.91. The third-order valence-electron chi connectivity index (χ3n) is 6.26. The number of amides is 2. The summed E-state index contributed by atoms with van der Waals surface area (Å²) < 4.78 is 0. The van der Waals surface area contributed by atoms with Gasteiger partial charge in [0.25, 0.3) is 11.8 Å². The number of carbonyl (C=O) groups excluding carboxylic acids is 2. The number of fused-ring (bicyclic) bond motifs is 1. The largest absolute Gasteiger partial charge is 0.322 e. The summed E-state index contributed by atoms with van der Waals surface area (Å²) in [5.41, 5.74) is 4.28. The van der Waals surface area contributed by atoms with E-state index in [1.165, 1.54) is 4.88 Å². The normalized spacial score (nSPS) is 15.7. The minimum absolute atomic E-state index is 0.164. The maximum atomic E-state index is 13.4. The second-order valence-corrected chi connectivity index (χ2v) is 10.8. The van der Waals surface area contributed by atoms with Crippen LogP contribution in [0.1, 0.15) is 63.9 Å². The number of nitrogens with one attached hydrogen (secondary N) is 2. The Balaban J connectivity index is 1.69. The number of aryl methyl sites for hydroxylation is 1. The van der Waals surface area contributed by atoms with Gasteiger partial charge in [0.1, 0.15) is 5.00 Å². The number of para-hydroxylation sites is 1. The summed E-state index contributed by atoms with van der Waals surface area (Å²) in [6.07, 6.45) is 2.84. The van der Waals surface area contributed by atoms with Gasteiger partial charge in [0.05, 0.1) is 5.56 Å². The van der Waals surface area contributed by atoms with Crippen LogP contribution in [0, 0.1) is 18.3 Å². The van der Waals surface area contributed by atoms with E-state index in [4.69, 9.17) is 0 Å². The number of hydrogen-bond acceptors (Lipinski definition) is 3. The first kappa shape index (κ1) is 22.3. The second-order valence-electron chi connectivity index (χ2n) is 9.66. The molecule has 1 aromatic heterocycles. The molecule has 3 aromatic rings. The average Bonchev–Trinajstić information content (AvgIpc) is 3.11. The number of carbonyl (C=O) groups is 2. The lowest BCUT2D eigenvalue weighted by molar-refractivity contribution is 0.102. The Bertz CT molecular complexity index is 1140. The summed E-state index contributed by atoms with van der Waals surface area (Å²) in [4.78, 5) is 27.6. The standard InChI is InChI=1S/C27H30N2O2S/c1-17-9-8-10-18(15-17)24(30)29-26-23(25(31)28-20-11-6-5-7-12-20)21-14-13-19(27(2,3)4)16-22(21)32-26/h5-12,15,19H,13-14,16H2,1-4H3,(H,28,31)(H,29,30). The van der Waals surface area contributed by atoms with Gasteiger partial charge in [-0.15, -0.1) is 11.3 Å².